The largest absolute Gasteiger partial charge is 0.435 e. The third-order valence-corrected chi connectivity index (χ3v) is 5.66. The summed E-state index contributed by atoms with van der Waals surface area (Å²) in [5.41, 5.74) is 1.78. The van der Waals surface area contributed by atoms with E-state index in [9.17, 15) is 0 Å². The lowest BCUT2D eigenvalue weighted by atomic mass is 10.1. The molecule has 0 saturated heterocycles. The monoisotopic (exact) mass is 376 g/mol. The summed E-state index contributed by atoms with van der Waals surface area (Å²) in [6, 6.07) is 15.9. The van der Waals surface area contributed by atoms with Gasteiger partial charge in [0, 0.05) is 11.1 Å². The second kappa shape index (κ2) is 6.40. The minimum absolute atomic E-state index is 0.584. The van der Waals surface area contributed by atoms with Crippen LogP contribution < -0.4 is 0 Å². The Morgan fingerprint density at radius 1 is 0.654 bits per heavy atom. The molecule has 0 fully saturated rings. The van der Waals surface area contributed by atoms with Crippen LogP contribution in [0.3, 0.4) is 0 Å². The van der Waals surface area contributed by atoms with Crippen LogP contribution in [-0.4, -0.2) is 9.97 Å². The van der Waals surface area contributed by atoms with Crippen molar-refractivity contribution in [3.8, 4) is 44.2 Å². The molecule has 0 aliphatic heterocycles. The van der Waals surface area contributed by atoms with Crippen molar-refractivity contribution in [2.24, 2.45) is 0 Å². The number of oxazole rings is 2. The van der Waals surface area contributed by atoms with Gasteiger partial charge in [0.05, 0.1) is 22.1 Å². The summed E-state index contributed by atoms with van der Waals surface area (Å²) < 4.78 is 11.8. The molecule has 5 rings (SSSR count). The van der Waals surface area contributed by atoms with Gasteiger partial charge in [-0.1, -0.05) is 18.2 Å². The van der Waals surface area contributed by atoms with Crippen LogP contribution in [0.2, 0.25) is 0 Å². The summed E-state index contributed by atoms with van der Waals surface area (Å²) in [7, 11) is 0. The average Bonchev–Trinajstić information content (AvgIpc) is 3.49. The molecule has 26 heavy (non-hydrogen) atoms. The molecule has 4 heterocycles. The van der Waals surface area contributed by atoms with E-state index in [2.05, 4.69) is 9.97 Å². The number of aromatic nitrogens is 2. The smallest absolute Gasteiger partial charge is 0.226 e. The number of nitrogens with zero attached hydrogens (tertiary/aromatic N) is 2. The fourth-order valence-corrected chi connectivity index (χ4v) is 4.01. The Kier molecular flexibility index (Phi) is 3.77. The average molecular weight is 376 g/mol. The van der Waals surface area contributed by atoms with E-state index in [1.807, 2.05) is 59.3 Å². The van der Waals surface area contributed by atoms with E-state index in [-0.39, 0.29) is 0 Å². The molecule has 0 N–H and O–H groups in total. The second-order valence-corrected chi connectivity index (χ2v) is 7.49. The molecule has 0 radical (unpaired) electrons. The van der Waals surface area contributed by atoms with Crippen molar-refractivity contribution in [1.82, 2.24) is 9.97 Å². The van der Waals surface area contributed by atoms with Gasteiger partial charge in [-0.15, -0.1) is 22.7 Å². The van der Waals surface area contributed by atoms with E-state index in [0.717, 1.165) is 32.4 Å². The lowest BCUT2D eigenvalue weighted by molar-refractivity contribution is 0.588. The number of hydrogen-bond donors (Lipinski definition) is 0. The van der Waals surface area contributed by atoms with Gasteiger partial charge in [-0.3, -0.25) is 0 Å². The van der Waals surface area contributed by atoms with E-state index in [1.54, 1.807) is 35.1 Å². The first-order chi connectivity index (χ1) is 12.9. The standard InChI is InChI=1S/C20H12N2O2S2/c1-4-13(19-21-11-15(23-19)17-6-2-8-25-17)10-14(5-1)20-22-12-16(24-20)18-7-3-9-26-18/h1-12H. The van der Waals surface area contributed by atoms with Crippen molar-refractivity contribution in [3.05, 3.63) is 71.7 Å². The van der Waals surface area contributed by atoms with E-state index >= 15 is 0 Å². The van der Waals surface area contributed by atoms with Crippen LogP contribution in [0.4, 0.5) is 0 Å². The van der Waals surface area contributed by atoms with E-state index < -0.39 is 0 Å². The fraction of sp³-hybridized carbons (Fsp3) is 0. The first kappa shape index (κ1) is 15.3. The fourth-order valence-electron chi connectivity index (χ4n) is 2.67. The number of hydrogen-bond acceptors (Lipinski definition) is 6. The van der Waals surface area contributed by atoms with Crippen molar-refractivity contribution < 1.29 is 8.83 Å². The van der Waals surface area contributed by atoms with Crippen molar-refractivity contribution in [3.63, 3.8) is 0 Å². The van der Waals surface area contributed by atoms with Gasteiger partial charge in [0.2, 0.25) is 11.8 Å². The van der Waals surface area contributed by atoms with Crippen LogP contribution in [0.5, 0.6) is 0 Å². The van der Waals surface area contributed by atoms with Crippen LogP contribution in [0.15, 0.2) is 80.5 Å². The van der Waals surface area contributed by atoms with Crippen LogP contribution >= 0.6 is 22.7 Å². The third kappa shape index (κ3) is 2.79. The van der Waals surface area contributed by atoms with Crippen LogP contribution in [0.25, 0.3) is 44.2 Å². The van der Waals surface area contributed by atoms with Gasteiger partial charge in [0.15, 0.2) is 11.5 Å². The Labute approximate surface area is 157 Å². The van der Waals surface area contributed by atoms with Crippen molar-refractivity contribution >= 4 is 22.7 Å². The highest BCUT2D eigenvalue weighted by Crippen LogP contribution is 2.32. The molecule has 0 spiro atoms. The topological polar surface area (TPSA) is 52.1 Å². The van der Waals surface area contributed by atoms with Gasteiger partial charge >= 0.3 is 0 Å². The quantitative estimate of drug-likeness (QED) is 0.361. The predicted octanol–water partition coefficient (Wildman–Crippen LogP) is 6.45. The molecule has 1 aromatic carbocycles. The Morgan fingerprint density at radius 2 is 1.19 bits per heavy atom. The molecule has 4 nitrogen and oxygen atoms in total. The van der Waals surface area contributed by atoms with E-state index in [1.165, 1.54) is 0 Å². The van der Waals surface area contributed by atoms with Crippen molar-refractivity contribution in [2.45, 2.75) is 0 Å². The van der Waals surface area contributed by atoms with Gasteiger partial charge in [0.1, 0.15) is 0 Å². The number of benzene rings is 1. The maximum atomic E-state index is 5.92. The summed E-state index contributed by atoms with van der Waals surface area (Å²) in [6.07, 6.45) is 3.52. The molecule has 0 aliphatic carbocycles. The van der Waals surface area contributed by atoms with E-state index in [0.29, 0.717) is 11.8 Å². The van der Waals surface area contributed by atoms with Gasteiger partial charge in [0.25, 0.3) is 0 Å². The first-order valence-electron chi connectivity index (χ1n) is 7.97. The Morgan fingerprint density at radius 3 is 1.65 bits per heavy atom. The highest BCUT2D eigenvalue weighted by Gasteiger charge is 2.13. The minimum Gasteiger partial charge on any atom is -0.435 e. The Balaban J connectivity index is 1.48. The van der Waals surface area contributed by atoms with Crippen molar-refractivity contribution in [1.29, 1.82) is 0 Å². The zero-order valence-electron chi connectivity index (χ0n) is 13.5. The first-order valence-corrected chi connectivity index (χ1v) is 9.73. The van der Waals surface area contributed by atoms with Gasteiger partial charge in [-0.25, -0.2) is 9.97 Å². The van der Waals surface area contributed by atoms with Gasteiger partial charge in [-0.2, -0.15) is 0 Å². The van der Waals surface area contributed by atoms with Crippen LogP contribution in [0.1, 0.15) is 0 Å². The highest BCUT2D eigenvalue weighted by atomic mass is 32.1. The molecular formula is C20H12N2O2S2. The molecule has 0 atom stereocenters. The summed E-state index contributed by atoms with van der Waals surface area (Å²) in [4.78, 5) is 11.0. The Bertz CT molecular complexity index is 1050. The zero-order chi connectivity index (χ0) is 17.3. The van der Waals surface area contributed by atoms with Crippen molar-refractivity contribution in [2.75, 3.05) is 0 Å². The molecule has 126 valence electrons. The maximum absolute atomic E-state index is 5.92. The number of rotatable bonds is 4. The normalized spacial score (nSPS) is 11.1. The summed E-state index contributed by atoms with van der Waals surface area (Å²) >= 11 is 3.26. The second-order valence-electron chi connectivity index (χ2n) is 5.59. The zero-order valence-corrected chi connectivity index (χ0v) is 15.1. The highest BCUT2D eigenvalue weighted by molar-refractivity contribution is 7.13. The van der Waals surface area contributed by atoms with Crippen LogP contribution in [0, 0.1) is 0 Å². The minimum atomic E-state index is 0.584. The van der Waals surface area contributed by atoms with Gasteiger partial charge in [-0.05, 0) is 41.1 Å². The Hall–Kier alpha value is -2.96. The lowest BCUT2D eigenvalue weighted by Gasteiger charge is -1.99. The predicted molar refractivity (Wildman–Crippen MR) is 104 cm³/mol. The maximum Gasteiger partial charge on any atom is 0.226 e. The van der Waals surface area contributed by atoms with E-state index in [4.69, 9.17) is 8.83 Å². The van der Waals surface area contributed by atoms with Crippen LogP contribution in [-0.2, 0) is 0 Å². The summed E-state index contributed by atoms with van der Waals surface area (Å²) in [5.74, 6) is 2.72. The SMILES string of the molecule is c1cc(-c2ncc(-c3cccs3)o2)cc(-c2ncc(-c3cccs3)o2)c1. The number of thiophene rings is 2. The molecule has 0 unspecified atom stereocenters. The summed E-state index contributed by atoms with van der Waals surface area (Å²) in [6.45, 7) is 0. The third-order valence-electron chi connectivity index (χ3n) is 3.90. The van der Waals surface area contributed by atoms with Gasteiger partial charge < -0.3 is 8.83 Å². The lowest BCUT2D eigenvalue weighted by Crippen LogP contribution is -1.80. The molecule has 5 aromatic rings. The summed E-state index contributed by atoms with van der Waals surface area (Å²) in [5, 5.41) is 4.04. The molecule has 0 amide bonds. The molecule has 4 aromatic heterocycles. The molecule has 0 aliphatic rings. The molecular weight excluding hydrogens is 364 g/mol. The molecule has 6 heteroatoms. The molecule has 0 bridgehead atoms. The molecule has 0 saturated carbocycles.